The molecular formula is C40H48N2O4. The molecule has 7 atom stereocenters. The number of fused-ring (bicyclic) bond motifs is 6. The summed E-state index contributed by atoms with van der Waals surface area (Å²) < 4.78 is 1.97. The minimum Gasteiger partial charge on any atom is -0.393 e. The van der Waals surface area contributed by atoms with E-state index in [0.29, 0.717) is 37.7 Å². The quantitative estimate of drug-likeness (QED) is 0.245. The summed E-state index contributed by atoms with van der Waals surface area (Å²) >= 11 is 0. The van der Waals surface area contributed by atoms with Gasteiger partial charge in [0.2, 0.25) is 0 Å². The molecule has 0 radical (unpaired) electrons. The Morgan fingerprint density at radius 3 is 2.63 bits per heavy atom. The smallest absolute Gasteiger partial charge is 0.164 e. The van der Waals surface area contributed by atoms with Crippen molar-refractivity contribution in [2.75, 3.05) is 0 Å². The molecule has 3 unspecified atom stereocenters. The molecule has 0 saturated heterocycles. The lowest BCUT2D eigenvalue weighted by molar-refractivity contribution is -0.179. The number of ketones is 2. The van der Waals surface area contributed by atoms with Crippen molar-refractivity contribution in [2.45, 2.75) is 103 Å². The number of carbonyl (C=O) groups is 2. The first kappa shape index (κ1) is 31.3. The summed E-state index contributed by atoms with van der Waals surface area (Å²) in [7, 11) is 0. The predicted molar refractivity (Wildman–Crippen MR) is 180 cm³/mol. The molecule has 1 heterocycles. The van der Waals surface area contributed by atoms with Crippen LogP contribution in [-0.2, 0) is 17.6 Å². The zero-order valence-corrected chi connectivity index (χ0v) is 27.5. The third-order valence-electron chi connectivity index (χ3n) is 12.7. The maximum absolute atomic E-state index is 13.4. The largest absolute Gasteiger partial charge is 0.393 e. The van der Waals surface area contributed by atoms with Crippen LogP contribution in [0.15, 0.2) is 66.4 Å². The van der Waals surface area contributed by atoms with E-state index < -0.39 is 17.1 Å². The lowest BCUT2D eigenvalue weighted by atomic mass is 9.45. The van der Waals surface area contributed by atoms with Crippen LogP contribution in [0.1, 0.15) is 106 Å². The SMILES string of the molecule is CCCCC(=O)[C@@]1(O)CCC2C3CCC4=Cc5c(cnn5-c5cccc(C(=O)CCc6ccccc6)c5)C[C@]4(C)C3[C@@H](O)C[C@@]21C. The van der Waals surface area contributed by atoms with Crippen LogP contribution in [-0.4, -0.2) is 43.3 Å². The monoisotopic (exact) mass is 620 g/mol. The number of unbranched alkanes of at least 4 members (excludes halogenated alkanes) is 1. The first-order valence-corrected chi connectivity index (χ1v) is 17.5. The fourth-order valence-corrected chi connectivity index (χ4v) is 10.3. The fraction of sp³-hybridized carbons (Fsp3) is 0.525. The van der Waals surface area contributed by atoms with Gasteiger partial charge in [-0.15, -0.1) is 0 Å². The van der Waals surface area contributed by atoms with E-state index in [1.165, 1.54) is 5.57 Å². The number of Topliss-reactive ketones (excluding diaryl/α,β-unsaturated/α-hetero) is 2. The average Bonchev–Trinajstić information content (AvgIpc) is 3.58. The van der Waals surface area contributed by atoms with Crippen LogP contribution >= 0.6 is 0 Å². The van der Waals surface area contributed by atoms with E-state index in [9.17, 15) is 19.8 Å². The fourth-order valence-electron chi connectivity index (χ4n) is 10.3. The van der Waals surface area contributed by atoms with Gasteiger partial charge >= 0.3 is 0 Å². The second kappa shape index (κ2) is 11.7. The van der Waals surface area contributed by atoms with E-state index >= 15 is 0 Å². The number of aliphatic hydroxyl groups is 2. The summed E-state index contributed by atoms with van der Waals surface area (Å²) in [5.41, 5.74) is 4.17. The lowest BCUT2D eigenvalue weighted by Crippen LogP contribution is -2.61. The summed E-state index contributed by atoms with van der Waals surface area (Å²) in [6.07, 6.45) is 11.5. The molecule has 4 aliphatic rings. The first-order valence-electron chi connectivity index (χ1n) is 17.5. The standard InChI is InChI=1S/C40H48N2O4/c1-4-5-14-36(45)40(46)20-19-32-31-17-16-29-22-33-28(23-38(29,2)37(31)35(44)24-39(32,40)3)25-41-42(33)30-13-9-12-27(21-30)34(43)18-15-26-10-7-6-8-11-26/h6-13,21-22,25,31-32,35,37,44,46H,4-5,14-20,23-24H2,1-3H3/t31?,32?,35-,37?,38-,39-,40-/m0/s1. The normalized spacial score (nSPS) is 32.9. The van der Waals surface area contributed by atoms with Crippen molar-refractivity contribution in [1.29, 1.82) is 0 Å². The van der Waals surface area contributed by atoms with Gasteiger partial charge in [0.05, 0.1) is 23.7 Å². The molecule has 0 amide bonds. The van der Waals surface area contributed by atoms with Crippen molar-refractivity contribution >= 4 is 17.6 Å². The van der Waals surface area contributed by atoms with Crippen LogP contribution in [0.4, 0.5) is 0 Å². The molecule has 0 spiro atoms. The summed E-state index contributed by atoms with van der Waals surface area (Å²) in [6.45, 7) is 6.48. The number of hydrogen-bond acceptors (Lipinski definition) is 5. The maximum Gasteiger partial charge on any atom is 0.164 e. The van der Waals surface area contributed by atoms with E-state index in [0.717, 1.165) is 61.0 Å². The third kappa shape index (κ3) is 4.86. The minimum absolute atomic E-state index is 0.0238. The van der Waals surface area contributed by atoms with Crippen molar-refractivity contribution < 1.29 is 19.8 Å². The number of rotatable bonds is 9. The molecule has 3 saturated carbocycles. The second-order valence-corrected chi connectivity index (χ2v) is 15.1. The number of hydrogen-bond donors (Lipinski definition) is 2. The van der Waals surface area contributed by atoms with Crippen molar-refractivity contribution in [3.05, 3.63) is 88.8 Å². The average molecular weight is 621 g/mol. The van der Waals surface area contributed by atoms with Gasteiger partial charge in [0.25, 0.3) is 0 Å². The lowest BCUT2D eigenvalue weighted by Gasteiger charge is -2.60. The Kier molecular flexibility index (Phi) is 7.96. The minimum atomic E-state index is -1.34. The Bertz CT molecular complexity index is 1680. The van der Waals surface area contributed by atoms with Gasteiger partial charge in [-0.3, -0.25) is 9.59 Å². The number of benzene rings is 2. The van der Waals surface area contributed by atoms with Crippen LogP contribution in [0, 0.1) is 28.6 Å². The van der Waals surface area contributed by atoms with E-state index in [1.54, 1.807) is 0 Å². The highest BCUT2D eigenvalue weighted by molar-refractivity contribution is 5.96. The van der Waals surface area contributed by atoms with Crippen LogP contribution in [0.3, 0.4) is 0 Å². The Labute approximate surface area is 272 Å². The molecular weight excluding hydrogens is 572 g/mol. The Balaban J connectivity index is 1.13. The number of allylic oxidation sites excluding steroid dienone is 1. The second-order valence-electron chi connectivity index (χ2n) is 15.1. The van der Waals surface area contributed by atoms with Crippen molar-refractivity contribution in [3.8, 4) is 5.69 Å². The van der Waals surface area contributed by atoms with Gasteiger partial charge in [0, 0.05) is 23.8 Å². The van der Waals surface area contributed by atoms with E-state index in [1.807, 2.05) is 53.3 Å². The highest BCUT2D eigenvalue weighted by Crippen LogP contribution is 2.67. The van der Waals surface area contributed by atoms with E-state index in [2.05, 4.69) is 39.0 Å². The predicted octanol–water partition coefficient (Wildman–Crippen LogP) is 7.33. The Morgan fingerprint density at radius 1 is 1.04 bits per heavy atom. The molecule has 46 heavy (non-hydrogen) atoms. The topological polar surface area (TPSA) is 92.4 Å². The maximum atomic E-state index is 13.4. The molecule has 6 heteroatoms. The molecule has 0 aliphatic heterocycles. The molecule has 2 N–H and O–H groups in total. The van der Waals surface area contributed by atoms with Crippen molar-refractivity contribution in [3.63, 3.8) is 0 Å². The van der Waals surface area contributed by atoms with Crippen molar-refractivity contribution in [2.24, 2.45) is 28.6 Å². The summed E-state index contributed by atoms with van der Waals surface area (Å²) in [5, 5.41) is 28.7. The van der Waals surface area contributed by atoms with Crippen LogP contribution < -0.4 is 0 Å². The Morgan fingerprint density at radius 2 is 1.85 bits per heavy atom. The van der Waals surface area contributed by atoms with E-state index in [-0.39, 0.29) is 34.7 Å². The molecule has 0 bridgehead atoms. The number of aliphatic hydroxyl groups excluding tert-OH is 1. The van der Waals surface area contributed by atoms with Crippen molar-refractivity contribution in [1.82, 2.24) is 9.78 Å². The molecule has 6 nitrogen and oxygen atoms in total. The molecule has 1 aromatic heterocycles. The van der Waals surface area contributed by atoms with Gasteiger partial charge in [0.1, 0.15) is 5.60 Å². The van der Waals surface area contributed by atoms with Gasteiger partial charge < -0.3 is 10.2 Å². The van der Waals surface area contributed by atoms with Crippen LogP contribution in [0.2, 0.25) is 0 Å². The number of aryl methyl sites for hydroxylation is 1. The highest BCUT2D eigenvalue weighted by Gasteiger charge is 2.68. The van der Waals surface area contributed by atoms with Gasteiger partial charge in [-0.2, -0.15) is 5.10 Å². The van der Waals surface area contributed by atoms with Gasteiger partial charge in [-0.05, 0) is 104 Å². The zero-order chi connectivity index (χ0) is 32.3. The number of carbonyl (C=O) groups excluding carboxylic acids is 2. The third-order valence-corrected chi connectivity index (χ3v) is 12.7. The van der Waals surface area contributed by atoms with Gasteiger partial charge in [-0.1, -0.05) is 75.2 Å². The van der Waals surface area contributed by atoms with Gasteiger partial charge in [-0.25, -0.2) is 4.68 Å². The highest BCUT2D eigenvalue weighted by atomic mass is 16.3. The molecule has 4 aliphatic carbocycles. The molecule has 242 valence electrons. The zero-order valence-electron chi connectivity index (χ0n) is 27.5. The molecule has 3 fully saturated rings. The number of aromatic nitrogens is 2. The molecule has 3 aromatic rings. The molecule has 2 aromatic carbocycles. The van der Waals surface area contributed by atoms with Gasteiger partial charge in [0.15, 0.2) is 11.6 Å². The summed E-state index contributed by atoms with van der Waals surface area (Å²) in [5.74, 6) is 0.658. The molecule has 7 rings (SSSR count). The first-order chi connectivity index (χ1) is 22.1. The Hall–Kier alpha value is -3.35. The summed E-state index contributed by atoms with van der Waals surface area (Å²) in [6, 6.07) is 17.9. The van der Waals surface area contributed by atoms with Crippen LogP contribution in [0.5, 0.6) is 0 Å². The van der Waals surface area contributed by atoms with Crippen LogP contribution in [0.25, 0.3) is 11.8 Å². The number of nitrogens with zero attached hydrogens (tertiary/aromatic N) is 2. The van der Waals surface area contributed by atoms with E-state index in [4.69, 9.17) is 5.10 Å². The summed E-state index contributed by atoms with van der Waals surface area (Å²) in [4.78, 5) is 26.5.